The Balaban J connectivity index is 1.99. The van der Waals surface area contributed by atoms with Gasteiger partial charge in [0.25, 0.3) is 0 Å². The van der Waals surface area contributed by atoms with Gasteiger partial charge < -0.3 is 9.47 Å². The topological polar surface area (TPSA) is 35.5 Å². The van der Waals surface area contributed by atoms with Crippen molar-refractivity contribution in [3.63, 3.8) is 0 Å². The van der Waals surface area contributed by atoms with Crippen LogP contribution in [0.1, 0.15) is 34.8 Å². The summed E-state index contributed by atoms with van der Waals surface area (Å²) in [5.74, 6) is 1.45. The van der Waals surface area contributed by atoms with Gasteiger partial charge in [0.1, 0.15) is 0 Å². The lowest BCUT2D eigenvalue weighted by Crippen LogP contribution is -2.13. The van der Waals surface area contributed by atoms with E-state index < -0.39 is 0 Å². The Kier molecular flexibility index (Phi) is 5.05. The fourth-order valence-electron chi connectivity index (χ4n) is 2.99. The Morgan fingerprint density at radius 1 is 1.21 bits per heavy atom. The number of rotatable bonds is 4. The van der Waals surface area contributed by atoms with Crippen LogP contribution in [0.4, 0.5) is 0 Å². The van der Waals surface area contributed by atoms with Crippen LogP contribution in [-0.4, -0.2) is 19.5 Å². The molecule has 0 spiro atoms. The fourth-order valence-corrected chi connectivity index (χ4v) is 3.61. The normalized spacial score (nSPS) is 15.3. The van der Waals surface area contributed by atoms with Gasteiger partial charge in [-0.05, 0) is 65.0 Å². The second-order valence-corrected chi connectivity index (χ2v) is 6.48. The molecule has 2 aromatic carbocycles. The van der Waals surface area contributed by atoms with Crippen LogP contribution in [0.3, 0.4) is 0 Å². The number of ketones is 1. The van der Waals surface area contributed by atoms with Crippen LogP contribution in [0.15, 0.2) is 46.4 Å². The third-order valence-corrected chi connectivity index (χ3v) is 4.68. The first-order chi connectivity index (χ1) is 11.6. The average molecular weight is 387 g/mol. The van der Waals surface area contributed by atoms with Gasteiger partial charge in [0.05, 0.1) is 18.2 Å². The maximum Gasteiger partial charge on any atom is 0.189 e. The molecule has 24 heavy (non-hydrogen) atoms. The van der Waals surface area contributed by atoms with Crippen molar-refractivity contribution in [2.24, 2.45) is 0 Å². The Labute approximate surface area is 150 Å². The zero-order valence-corrected chi connectivity index (χ0v) is 15.4. The molecule has 4 heteroatoms. The number of carbonyl (C=O) groups is 1. The highest BCUT2D eigenvalue weighted by molar-refractivity contribution is 9.10. The fraction of sp³-hybridized carbons (Fsp3) is 0.250. The van der Waals surface area contributed by atoms with Crippen molar-refractivity contribution in [3.05, 3.63) is 63.1 Å². The van der Waals surface area contributed by atoms with Gasteiger partial charge in [0, 0.05) is 11.1 Å². The molecule has 0 saturated carbocycles. The van der Waals surface area contributed by atoms with E-state index in [1.807, 2.05) is 49.4 Å². The minimum Gasteiger partial charge on any atom is -0.492 e. The third-order valence-electron chi connectivity index (χ3n) is 4.09. The second kappa shape index (κ2) is 7.22. The molecule has 1 aliphatic rings. The van der Waals surface area contributed by atoms with E-state index in [4.69, 9.17) is 9.47 Å². The van der Waals surface area contributed by atoms with Crippen molar-refractivity contribution in [2.45, 2.75) is 19.8 Å². The van der Waals surface area contributed by atoms with Crippen LogP contribution >= 0.6 is 15.9 Å². The van der Waals surface area contributed by atoms with Gasteiger partial charge >= 0.3 is 0 Å². The molecule has 0 unspecified atom stereocenters. The second-order valence-electron chi connectivity index (χ2n) is 5.62. The number of aryl methyl sites for hydroxylation is 1. The number of hydrogen-bond acceptors (Lipinski definition) is 3. The monoisotopic (exact) mass is 386 g/mol. The number of ether oxygens (including phenoxy) is 2. The van der Waals surface area contributed by atoms with Crippen molar-refractivity contribution in [1.82, 2.24) is 0 Å². The number of hydrogen-bond donors (Lipinski definition) is 0. The lowest BCUT2D eigenvalue weighted by atomic mass is 9.86. The molecule has 3 nitrogen and oxygen atoms in total. The Hall–Kier alpha value is -2.07. The summed E-state index contributed by atoms with van der Waals surface area (Å²) in [6.45, 7) is 2.48. The first kappa shape index (κ1) is 16.8. The molecule has 0 fully saturated rings. The van der Waals surface area contributed by atoms with Crippen LogP contribution in [0.25, 0.3) is 6.08 Å². The maximum atomic E-state index is 12.7. The van der Waals surface area contributed by atoms with Gasteiger partial charge in [-0.1, -0.05) is 24.3 Å². The standard InChI is InChI=1S/C20H19BrO3/c1-3-24-18-12-13(11-17(21)20(18)23-2)10-15-9-8-14-6-4-5-7-16(14)19(15)22/h4-7,10-12H,3,8-9H2,1-2H3/b15-10+. The summed E-state index contributed by atoms with van der Waals surface area (Å²) in [6.07, 6.45) is 3.60. The van der Waals surface area contributed by atoms with Crippen LogP contribution < -0.4 is 9.47 Å². The number of methoxy groups -OCH3 is 1. The van der Waals surface area contributed by atoms with Gasteiger partial charge in [-0.2, -0.15) is 0 Å². The molecule has 0 N–H and O–H groups in total. The van der Waals surface area contributed by atoms with Gasteiger partial charge in [0.2, 0.25) is 0 Å². The molecule has 3 rings (SSSR count). The number of carbonyl (C=O) groups excluding carboxylic acids is 1. The van der Waals surface area contributed by atoms with Crippen molar-refractivity contribution in [3.8, 4) is 11.5 Å². The zero-order chi connectivity index (χ0) is 17.1. The highest BCUT2D eigenvalue weighted by atomic mass is 79.9. The van der Waals surface area contributed by atoms with Gasteiger partial charge in [-0.15, -0.1) is 0 Å². The lowest BCUT2D eigenvalue weighted by molar-refractivity contribution is 0.102. The summed E-state index contributed by atoms with van der Waals surface area (Å²) in [4.78, 5) is 12.7. The van der Waals surface area contributed by atoms with Gasteiger partial charge in [-0.3, -0.25) is 4.79 Å². The molecule has 0 aromatic heterocycles. The van der Waals surface area contributed by atoms with Gasteiger partial charge in [-0.25, -0.2) is 0 Å². The predicted octanol–water partition coefficient (Wildman–Crippen LogP) is 5.07. The minimum atomic E-state index is 0.113. The number of allylic oxidation sites excluding steroid dienone is 1. The van der Waals surface area contributed by atoms with E-state index in [-0.39, 0.29) is 5.78 Å². The Morgan fingerprint density at radius 2 is 2.00 bits per heavy atom. The summed E-state index contributed by atoms with van der Waals surface area (Å²) in [6, 6.07) is 11.7. The molecular weight excluding hydrogens is 368 g/mol. The van der Waals surface area contributed by atoms with Crippen LogP contribution in [0.5, 0.6) is 11.5 Å². The number of fused-ring (bicyclic) bond motifs is 1. The molecule has 0 bridgehead atoms. The van der Waals surface area contributed by atoms with Crippen LogP contribution in [0, 0.1) is 0 Å². The van der Waals surface area contributed by atoms with E-state index in [1.54, 1.807) is 7.11 Å². The molecule has 0 saturated heterocycles. The van der Waals surface area contributed by atoms with Crippen LogP contribution in [-0.2, 0) is 6.42 Å². The van der Waals surface area contributed by atoms with Crippen molar-refractivity contribution in [1.29, 1.82) is 0 Å². The van der Waals surface area contributed by atoms with E-state index >= 15 is 0 Å². The van der Waals surface area contributed by atoms with E-state index in [2.05, 4.69) is 15.9 Å². The molecule has 124 valence electrons. The van der Waals surface area contributed by atoms with Crippen LogP contribution in [0.2, 0.25) is 0 Å². The lowest BCUT2D eigenvalue weighted by Gasteiger charge is -2.17. The predicted molar refractivity (Wildman–Crippen MR) is 98.9 cm³/mol. The maximum absolute atomic E-state index is 12.7. The molecule has 1 aliphatic carbocycles. The summed E-state index contributed by atoms with van der Waals surface area (Å²) in [5, 5.41) is 0. The highest BCUT2D eigenvalue weighted by Gasteiger charge is 2.21. The van der Waals surface area contributed by atoms with Crippen molar-refractivity contribution < 1.29 is 14.3 Å². The summed E-state index contributed by atoms with van der Waals surface area (Å²) in [7, 11) is 1.61. The smallest absolute Gasteiger partial charge is 0.189 e. The van der Waals surface area contributed by atoms with Crippen molar-refractivity contribution >= 4 is 27.8 Å². The van der Waals surface area contributed by atoms with Crippen molar-refractivity contribution in [2.75, 3.05) is 13.7 Å². The zero-order valence-electron chi connectivity index (χ0n) is 13.8. The van der Waals surface area contributed by atoms with E-state index in [0.29, 0.717) is 18.1 Å². The van der Waals surface area contributed by atoms with E-state index in [9.17, 15) is 4.79 Å². The Morgan fingerprint density at radius 3 is 2.75 bits per heavy atom. The molecule has 2 aromatic rings. The molecule has 0 heterocycles. The van der Waals surface area contributed by atoms with E-state index in [0.717, 1.165) is 39.6 Å². The summed E-state index contributed by atoms with van der Waals surface area (Å²) < 4.78 is 11.8. The summed E-state index contributed by atoms with van der Waals surface area (Å²) >= 11 is 3.51. The first-order valence-electron chi connectivity index (χ1n) is 7.97. The quantitative estimate of drug-likeness (QED) is 0.688. The molecule has 0 radical (unpaired) electrons. The molecule has 0 amide bonds. The first-order valence-corrected chi connectivity index (χ1v) is 8.76. The van der Waals surface area contributed by atoms with Gasteiger partial charge in [0.15, 0.2) is 17.3 Å². The summed E-state index contributed by atoms with van der Waals surface area (Å²) in [5.41, 5.74) is 3.69. The number of Topliss-reactive ketones (excluding diaryl/α,β-unsaturated/α-hetero) is 1. The van der Waals surface area contributed by atoms with E-state index in [1.165, 1.54) is 0 Å². The average Bonchev–Trinajstić information content (AvgIpc) is 2.58. The minimum absolute atomic E-state index is 0.113. The molecular formula is C20H19BrO3. The molecule has 0 atom stereocenters. The largest absolute Gasteiger partial charge is 0.492 e. The SMILES string of the molecule is CCOc1cc(/C=C2\CCc3ccccc3C2=O)cc(Br)c1OC. The third kappa shape index (κ3) is 3.24. The molecule has 0 aliphatic heterocycles. The highest BCUT2D eigenvalue weighted by Crippen LogP contribution is 2.37. The Bertz CT molecular complexity index is 809. The number of benzene rings is 2. The number of halogens is 1.